The summed E-state index contributed by atoms with van der Waals surface area (Å²) in [6.07, 6.45) is 1.66. The molecule has 1 aromatic rings. The van der Waals surface area contributed by atoms with E-state index in [-0.39, 0.29) is 12.5 Å². The zero-order chi connectivity index (χ0) is 17.4. The summed E-state index contributed by atoms with van der Waals surface area (Å²) in [6, 6.07) is 7.42. The minimum Gasteiger partial charge on any atom is -0.481 e. The van der Waals surface area contributed by atoms with Crippen molar-refractivity contribution < 1.29 is 19.4 Å². The predicted octanol–water partition coefficient (Wildman–Crippen LogP) is 2.71. The van der Waals surface area contributed by atoms with E-state index in [1.807, 2.05) is 18.2 Å². The van der Waals surface area contributed by atoms with Gasteiger partial charge in [0.1, 0.15) is 0 Å². The number of benzene rings is 1. The molecule has 0 aromatic heterocycles. The van der Waals surface area contributed by atoms with Crippen molar-refractivity contribution in [3.63, 3.8) is 0 Å². The summed E-state index contributed by atoms with van der Waals surface area (Å²) in [5, 5.41) is 10.0. The highest BCUT2D eigenvalue weighted by atomic mass is 35.5. The molecule has 0 unspecified atom stereocenters. The van der Waals surface area contributed by atoms with Crippen LogP contribution in [0, 0.1) is 5.41 Å². The fourth-order valence-electron chi connectivity index (χ4n) is 3.74. The Balaban J connectivity index is 1.92. The molecule has 6 heteroatoms. The smallest absolute Gasteiger partial charge is 0.311 e. The van der Waals surface area contributed by atoms with E-state index >= 15 is 0 Å². The molecular weight excluding hydrogens is 330 g/mol. The van der Waals surface area contributed by atoms with Crippen molar-refractivity contribution in [2.75, 3.05) is 26.3 Å². The lowest BCUT2D eigenvalue weighted by molar-refractivity contribution is -0.148. The molecule has 2 fully saturated rings. The molecule has 1 aromatic carbocycles. The standard InChI is InChI=1S/C18H22ClNO4/c1-17(16(22)23)5-8-20(12-17)15(21)18(6-9-24-10-7-18)13-3-2-4-14(19)11-13/h2-4,11H,5-10,12H2,1H3,(H,22,23)/t17-/m1/s1. The van der Waals surface area contributed by atoms with Gasteiger partial charge in [0.2, 0.25) is 5.91 Å². The molecule has 24 heavy (non-hydrogen) atoms. The molecule has 0 saturated carbocycles. The Hall–Kier alpha value is -1.59. The summed E-state index contributed by atoms with van der Waals surface area (Å²) < 4.78 is 5.47. The number of likely N-dealkylation sites (tertiary alicyclic amines) is 1. The first-order chi connectivity index (χ1) is 11.4. The van der Waals surface area contributed by atoms with Gasteiger partial charge in [0, 0.05) is 31.3 Å². The molecule has 3 rings (SSSR count). The molecule has 1 N–H and O–H groups in total. The third-order valence-electron chi connectivity index (χ3n) is 5.41. The zero-order valence-corrected chi connectivity index (χ0v) is 14.5. The lowest BCUT2D eigenvalue weighted by Gasteiger charge is -2.39. The Labute approximate surface area is 146 Å². The van der Waals surface area contributed by atoms with Crippen LogP contribution >= 0.6 is 11.6 Å². The molecule has 0 aliphatic carbocycles. The number of carbonyl (C=O) groups excluding carboxylic acids is 1. The van der Waals surface area contributed by atoms with E-state index in [0.29, 0.717) is 44.0 Å². The maximum atomic E-state index is 13.4. The molecule has 0 bridgehead atoms. The third kappa shape index (κ3) is 2.91. The number of nitrogens with zero attached hydrogens (tertiary/aromatic N) is 1. The van der Waals surface area contributed by atoms with Crippen LogP contribution in [-0.4, -0.2) is 48.2 Å². The molecular formula is C18H22ClNO4. The highest BCUT2D eigenvalue weighted by Crippen LogP contribution is 2.40. The number of carboxylic acid groups (broad SMARTS) is 1. The lowest BCUT2D eigenvalue weighted by atomic mass is 9.73. The summed E-state index contributed by atoms with van der Waals surface area (Å²) in [5.41, 5.74) is -0.643. The second kappa shape index (κ2) is 6.37. The van der Waals surface area contributed by atoms with Gasteiger partial charge >= 0.3 is 5.97 Å². The molecule has 0 radical (unpaired) electrons. The number of halogens is 1. The molecule has 130 valence electrons. The van der Waals surface area contributed by atoms with Crippen LogP contribution in [0.15, 0.2) is 24.3 Å². The second-order valence-corrected chi connectivity index (χ2v) is 7.48. The van der Waals surface area contributed by atoms with Crippen LogP contribution in [0.25, 0.3) is 0 Å². The Bertz CT molecular complexity index is 656. The van der Waals surface area contributed by atoms with Crippen molar-refractivity contribution in [1.29, 1.82) is 0 Å². The van der Waals surface area contributed by atoms with Gasteiger partial charge in [-0.25, -0.2) is 0 Å². The molecule has 2 aliphatic rings. The van der Waals surface area contributed by atoms with Crippen molar-refractivity contribution in [3.05, 3.63) is 34.9 Å². The zero-order valence-electron chi connectivity index (χ0n) is 13.8. The summed E-state index contributed by atoms with van der Waals surface area (Å²) in [4.78, 5) is 26.6. The van der Waals surface area contributed by atoms with Gasteiger partial charge in [-0.05, 0) is 43.9 Å². The van der Waals surface area contributed by atoms with Crippen LogP contribution in [0.5, 0.6) is 0 Å². The average molecular weight is 352 g/mol. The Morgan fingerprint density at radius 2 is 1.96 bits per heavy atom. The van der Waals surface area contributed by atoms with Crippen LogP contribution in [0.4, 0.5) is 0 Å². The van der Waals surface area contributed by atoms with Gasteiger partial charge in [-0.1, -0.05) is 23.7 Å². The maximum absolute atomic E-state index is 13.4. The molecule has 1 atom stereocenters. The van der Waals surface area contributed by atoms with Crippen molar-refractivity contribution in [2.45, 2.75) is 31.6 Å². The predicted molar refractivity (Wildman–Crippen MR) is 90.1 cm³/mol. The highest BCUT2D eigenvalue weighted by Gasteiger charge is 2.49. The van der Waals surface area contributed by atoms with E-state index in [1.54, 1.807) is 17.9 Å². The van der Waals surface area contributed by atoms with Gasteiger partial charge in [0.25, 0.3) is 0 Å². The van der Waals surface area contributed by atoms with E-state index in [9.17, 15) is 14.7 Å². The van der Waals surface area contributed by atoms with Crippen molar-refractivity contribution in [1.82, 2.24) is 4.90 Å². The number of aliphatic carboxylic acids is 1. The Morgan fingerprint density at radius 3 is 2.54 bits per heavy atom. The van der Waals surface area contributed by atoms with Crippen molar-refractivity contribution in [2.24, 2.45) is 5.41 Å². The van der Waals surface area contributed by atoms with Gasteiger partial charge in [0.05, 0.1) is 10.8 Å². The second-order valence-electron chi connectivity index (χ2n) is 7.05. The fourth-order valence-corrected chi connectivity index (χ4v) is 3.93. The number of hydrogen-bond donors (Lipinski definition) is 1. The first-order valence-corrected chi connectivity index (χ1v) is 8.62. The first-order valence-electron chi connectivity index (χ1n) is 8.24. The van der Waals surface area contributed by atoms with E-state index < -0.39 is 16.8 Å². The number of rotatable bonds is 3. The Morgan fingerprint density at radius 1 is 1.25 bits per heavy atom. The molecule has 1 amide bonds. The van der Waals surface area contributed by atoms with Gasteiger partial charge in [-0.3, -0.25) is 9.59 Å². The van der Waals surface area contributed by atoms with Gasteiger partial charge < -0.3 is 14.7 Å². The van der Waals surface area contributed by atoms with Gasteiger partial charge in [-0.2, -0.15) is 0 Å². The van der Waals surface area contributed by atoms with Crippen molar-refractivity contribution in [3.8, 4) is 0 Å². The molecule has 2 heterocycles. The molecule has 5 nitrogen and oxygen atoms in total. The van der Waals surface area contributed by atoms with Crippen LogP contribution in [0.1, 0.15) is 31.7 Å². The lowest BCUT2D eigenvalue weighted by Crippen LogP contribution is -2.50. The Kier molecular flexibility index (Phi) is 4.58. The molecule has 2 saturated heterocycles. The van der Waals surface area contributed by atoms with Crippen LogP contribution in [-0.2, 0) is 19.7 Å². The monoisotopic (exact) mass is 351 g/mol. The minimum absolute atomic E-state index is 0.00181. The number of hydrogen-bond acceptors (Lipinski definition) is 3. The van der Waals surface area contributed by atoms with E-state index in [2.05, 4.69) is 0 Å². The van der Waals surface area contributed by atoms with Crippen LogP contribution in [0.3, 0.4) is 0 Å². The van der Waals surface area contributed by atoms with E-state index in [0.717, 1.165) is 5.56 Å². The average Bonchev–Trinajstić information content (AvgIpc) is 2.98. The summed E-state index contributed by atoms with van der Waals surface area (Å²) >= 11 is 6.14. The van der Waals surface area contributed by atoms with Gasteiger partial charge in [0.15, 0.2) is 0 Å². The number of carboxylic acids is 1. The first kappa shape index (κ1) is 17.2. The maximum Gasteiger partial charge on any atom is 0.311 e. The summed E-state index contributed by atoms with van der Waals surface area (Å²) in [7, 11) is 0. The van der Waals surface area contributed by atoms with Crippen molar-refractivity contribution >= 4 is 23.5 Å². The number of ether oxygens (including phenoxy) is 1. The third-order valence-corrected chi connectivity index (χ3v) is 5.64. The largest absolute Gasteiger partial charge is 0.481 e. The topological polar surface area (TPSA) is 66.8 Å². The van der Waals surface area contributed by atoms with E-state index in [1.165, 1.54) is 0 Å². The normalized spacial score (nSPS) is 26.3. The van der Waals surface area contributed by atoms with Gasteiger partial charge in [-0.15, -0.1) is 0 Å². The molecule has 0 spiro atoms. The fraction of sp³-hybridized carbons (Fsp3) is 0.556. The molecule has 2 aliphatic heterocycles. The van der Waals surface area contributed by atoms with Crippen LogP contribution in [0.2, 0.25) is 5.02 Å². The van der Waals surface area contributed by atoms with Crippen LogP contribution < -0.4 is 0 Å². The highest BCUT2D eigenvalue weighted by molar-refractivity contribution is 6.30. The summed E-state index contributed by atoms with van der Waals surface area (Å²) in [6.45, 7) is 3.47. The SMILES string of the molecule is C[C@@]1(C(=O)O)CCN(C(=O)C2(c3cccc(Cl)c3)CCOCC2)C1. The van der Waals surface area contributed by atoms with E-state index in [4.69, 9.17) is 16.3 Å². The summed E-state index contributed by atoms with van der Waals surface area (Å²) in [5.74, 6) is -0.848. The number of amides is 1. The number of carbonyl (C=O) groups is 2. The quantitative estimate of drug-likeness (QED) is 0.909. The minimum atomic E-state index is -0.865.